The second kappa shape index (κ2) is 3.77. The molecule has 0 fully saturated rings. The number of hydrogen-bond donors (Lipinski definition) is 0. The molecule has 0 saturated carbocycles. The first-order chi connectivity index (χ1) is 5.77. The summed E-state index contributed by atoms with van der Waals surface area (Å²) < 4.78 is 9.58. The lowest BCUT2D eigenvalue weighted by atomic mass is 10.5. The summed E-state index contributed by atoms with van der Waals surface area (Å²) in [7, 11) is 2.67. The number of carbonyl (C=O) groups is 1. The molecule has 0 aromatic carbocycles. The van der Waals surface area contributed by atoms with E-state index >= 15 is 0 Å². The molecule has 0 aliphatic rings. The van der Waals surface area contributed by atoms with E-state index in [2.05, 4.69) is 9.78 Å². The van der Waals surface area contributed by atoms with Crippen LogP contribution in [0.2, 0.25) is 0 Å². The summed E-state index contributed by atoms with van der Waals surface area (Å²) in [4.78, 5) is 19.2. The molecule has 0 radical (unpaired) electrons. The Hall–Kier alpha value is -1.49. The molecular formula is C7H8O5. The highest BCUT2D eigenvalue weighted by atomic mass is 17.2. The quantitative estimate of drug-likeness (QED) is 0.503. The molecular weight excluding hydrogens is 164 g/mol. The zero-order chi connectivity index (χ0) is 8.97. The molecule has 12 heavy (non-hydrogen) atoms. The Morgan fingerprint density at radius 3 is 2.67 bits per heavy atom. The van der Waals surface area contributed by atoms with Crippen molar-refractivity contribution in [2.45, 2.75) is 0 Å². The first-order valence-corrected chi connectivity index (χ1v) is 3.16. The van der Waals surface area contributed by atoms with E-state index in [1.165, 1.54) is 26.4 Å². The highest BCUT2D eigenvalue weighted by molar-refractivity contribution is 5.85. The molecule has 0 N–H and O–H groups in total. The largest absolute Gasteiger partial charge is 0.468 e. The number of furan rings is 1. The molecule has 1 rings (SSSR count). The van der Waals surface area contributed by atoms with Gasteiger partial charge in [-0.2, -0.15) is 4.89 Å². The summed E-state index contributed by atoms with van der Waals surface area (Å²) in [5.74, 6) is -0.410. The summed E-state index contributed by atoms with van der Waals surface area (Å²) >= 11 is 0. The van der Waals surface area contributed by atoms with Gasteiger partial charge in [-0.15, -0.1) is 0 Å². The van der Waals surface area contributed by atoms with Crippen LogP contribution >= 0.6 is 0 Å². The highest BCUT2D eigenvalue weighted by Crippen LogP contribution is 2.15. The molecule has 1 aromatic rings. The van der Waals surface area contributed by atoms with Gasteiger partial charge < -0.3 is 9.15 Å². The summed E-state index contributed by atoms with van der Waals surface area (Å²) in [6, 6.07) is 2.94. The van der Waals surface area contributed by atoms with Gasteiger partial charge in [-0.25, -0.2) is 4.79 Å². The van der Waals surface area contributed by atoms with E-state index in [-0.39, 0.29) is 11.7 Å². The van der Waals surface area contributed by atoms with Crippen molar-refractivity contribution in [3.8, 4) is 5.95 Å². The minimum absolute atomic E-state index is 0.0358. The lowest BCUT2D eigenvalue weighted by Gasteiger charge is -1.94. The fourth-order valence-corrected chi connectivity index (χ4v) is 0.656. The van der Waals surface area contributed by atoms with Crippen LogP contribution in [0.1, 0.15) is 10.6 Å². The third kappa shape index (κ3) is 1.76. The topological polar surface area (TPSA) is 57.9 Å². The van der Waals surface area contributed by atoms with Crippen LogP contribution in [0.15, 0.2) is 16.5 Å². The Kier molecular flexibility index (Phi) is 2.71. The van der Waals surface area contributed by atoms with Gasteiger partial charge in [0, 0.05) is 6.07 Å². The third-order valence-corrected chi connectivity index (χ3v) is 1.14. The Labute approximate surface area is 68.8 Å². The molecule has 66 valence electrons. The van der Waals surface area contributed by atoms with Gasteiger partial charge in [0.2, 0.25) is 5.76 Å². The SMILES string of the molecule is COOC(=O)c1ccc(OC)o1. The summed E-state index contributed by atoms with van der Waals surface area (Å²) in [6.45, 7) is 0. The van der Waals surface area contributed by atoms with Crippen molar-refractivity contribution >= 4 is 5.97 Å². The summed E-state index contributed by atoms with van der Waals surface area (Å²) in [5, 5.41) is 0. The van der Waals surface area contributed by atoms with E-state index in [0.717, 1.165) is 0 Å². The molecule has 0 amide bonds. The van der Waals surface area contributed by atoms with Gasteiger partial charge in [0.25, 0.3) is 5.95 Å². The number of methoxy groups -OCH3 is 1. The maximum absolute atomic E-state index is 10.9. The zero-order valence-electron chi connectivity index (χ0n) is 6.70. The van der Waals surface area contributed by atoms with Crippen LogP contribution in [0.5, 0.6) is 5.95 Å². The van der Waals surface area contributed by atoms with Crippen LogP contribution in [-0.2, 0) is 9.78 Å². The molecule has 5 nitrogen and oxygen atoms in total. The van der Waals surface area contributed by atoms with E-state index in [4.69, 9.17) is 9.15 Å². The monoisotopic (exact) mass is 172 g/mol. The molecule has 0 atom stereocenters. The second-order valence-electron chi connectivity index (χ2n) is 1.86. The fraction of sp³-hybridized carbons (Fsp3) is 0.286. The van der Waals surface area contributed by atoms with Crippen molar-refractivity contribution in [1.29, 1.82) is 0 Å². The molecule has 0 aliphatic carbocycles. The van der Waals surface area contributed by atoms with Crippen LogP contribution in [0, 0.1) is 0 Å². The van der Waals surface area contributed by atoms with Gasteiger partial charge in [0.15, 0.2) is 0 Å². The minimum Gasteiger partial charge on any atom is -0.468 e. The van der Waals surface area contributed by atoms with Gasteiger partial charge in [-0.3, -0.25) is 4.89 Å². The number of ether oxygens (including phenoxy) is 1. The third-order valence-electron chi connectivity index (χ3n) is 1.14. The second-order valence-corrected chi connectivity index (χ2v) is 1.86. The first kappa shape index (κ1) is 8.61. The van der Waals surface area contributed by atoms with E-state index in [1.807, 2.05) is 0 Å². The summed E-state index contributed by atoms with van der Waals surface area (Å²) in [6.07, 6.45) is 0. The maximum Gasteiger partial charge on any atom is 0.408 e. The molecule has 1 heterocycles. The normalized spacial score (nSPS) is 9.50. The lowest BCUT2D eigenvalue weighted by Crippen LogP contribution is -2.01. The van der Waals surface area contributed by atoms with Crippen molar-refractivity contribution in [2.24, 2.45) is 0 Å². The maximum atomic E-state index is 10.9. The smallest absolute Gasteiger partial charge is 0.408 e. The number of carbonyl (C=O) groups excluding carboxylic acids is 1. The molecule has 0 saturated heterocycles. The summed E-state index contributed by atoms with van der Waals surface area (Å²) in [5.41, 5.74) is 0. The molecule has 5 heteroatoms. The standard InChI is InChI=1S/C7H8O5/c1-9-6-4-3-5(11-6)7(8)12-10-2/h3-4H,1-2H3. The van der Waals surface area contributed by atoms with E-state index < -0.39 is 5.97 Å². The molecule has 1 aromatic heterocycles. The fourth-order valence-electron chi connectivity index (χ4n) is 0.656. The average Bonchev–Trinajstić information content (AvgIpc) is 2.52. The Bertz CT molecular complexity index is 265. The Morgan fingerprint density at radius 2 is 2.17 bits per heavy atom. The van der Waals surface area contributed by atoms with Crippen LogP contribution in [0.3, 0.4) is 0 Å². The number of rotatable bonds is 3. The van der Waals surface area contributed by atoms with Crippen LogP contribution in [-0.4, -0.2) is 20.2 Å². The molecule has 0 bridgehead atoms. The van der Waals surface area contributed by atoms with Gasteiger partial charge in [0.05, 0.1) is 14.2 Å². The Morgan fingerprint density at radius 1 is 1.42 bits per heavy atom. The lowest BCUT2D eigenvalue weighted by molar-refractivity contribution is -0.217. The van der Waals surface area contributed by atoms with Gasteiger partial charge in [-0.05, 0) is 6.07 Å². The predicted octanol–water partition coefficient (Wildman–Crippen LogP) is 1.01. The van der Waals surface area contributed by atoms with E-state index in [9.17, 15) is 4.79 Å². The highest BCUT2D eigenvalue weighted by Gasteiger charge is 2.13. The minimum atomic E-state index is -0.694. The molecule has 0 spiro atoms. The first-order valence-electron chi connectivity index (χ1n) is 3.16. The van der Waals surface area contributed by atoms with Crippen molar-refractivity contribution in [2.75, 3.05) is 14.2 Å². The van der Waals surface area contributed by atoms with E-state index in [0.29, 0.717) is 0 Å². The van der Waals surface area contributed by atoms with E-state index in [1.54, 1.807) is 0 Å². The predicted molar refractivity (Wildman–Crippen MR) is 37.7 cm³/mol. The van der Waals surface area contributed by atoms with Gasteiger partial charge >= 0.3 is 5.97 Å². The van der Waals surface area contributed by atoms with Crippen molar-refractivity contribution in [3.63, 3.8) is 0 Å². The zero-order valence-corrected chi connectivity index (χ0v) is 6.70. The average molecular weight is 172 g/mol. The van der Waals surface area contributed by atoms with Gasteiger partial charge in [-0.1, -0.05) is 0 Å². The van der Waals surface area contributed by atoms with Crippen LogP contribution < -0.4 is 4.74 Å². The molecule has 0 unspecified atom stereocenters. The Balaban J connectivity index is 2.68. The number of hydrogen-bond acceptors (Lipinski definition) is 5. The molecule has 0 aliphatic heterocycles. The van der Waals surface area contributed by atoms with Crippen LogP contribution in [0.25, 0.3) is 0 Å². The van der Waals surface area contributed by atoms with Crippen molar-refractivity contribution in [3.05, 3.63) is 17.9 Å². The van der Waals surface area contributed by atoms with Crippen molar-refractivity contribution in [1.82, 2.24) is 0 Å². The van der Waals surface area contributed by atoms with Crippen LogP contribution in [0.4, 0.5) is 0 Å². The van der Waals surface area contributed by atoms with Gasteiger partial charge in [0.1, 0.15) is 0 Å². The van der Waals surface area contributed by atoms with Crippen molar-refractivity contribution < 1.29 is 23.7 Å².